The van der Waals surface area contributed by atoms with Crippen molar-refractivity contribution in [1.29, 1.82) is 0 Å². The van der Waals surface area contributed by atoms with Crippen molar-refractivity contribution < 1.29 is 18.4 Å². The van der Waals surface area contributed by atoms with E-state index in [1.54, 1.807) is 26.0 Å². The van der Waals surface area contributed by atoms with E-state index in [0.717, 1.165) is 24.0 Å². The summed E-state index contributed by atoms with van der Waals surface area (Å²) in [5, 5.41) is 0. The van der Waals surface area contributed by atoms with E-state index in [2.05, 4.69) is 6.58 Å². The van der Waals surface area contributed by atoms with E-state index in [1.807, 2.05) is 0 Å². The monoisotopic (exact) mass is 312 g/mol. The van der Waals surface area contributed by atoms with Crippen LogP contribution in [0.5, 0.6) is 0 Å². The number of hydrogen-bond acceptors (Lipinski definition) is 4. The predicted molar refractivity (Wildman–Crippen MR) is 85.3 cm³/mol. The van der Waals surface area contributed by atoms with Crippen LogP contribution in [0.4, 0.5) is 0 Å². The van der Waals surface area contributed by atoms with Crippen LogP contribution in [0.1, 0.15) is 46.0 Å². The zero-order chi connectivity index (χ0) is 15.7. The first-order valence-corrected chi connectivity index (χ1v) is 9.09. The van der Waals surface area contributed by atoms with Gasteiger partial charge in [0.1, 0.15) is 0 Å². The number of carbonyl (C=O) groups is 1. The van der Waals surface area contributed by atoms with Gasteiger partial charge in [-0.1, -0.05) is 17.7 Å². The summed E-state index contributed by atoms with van der Waals surface area (Å²) in [6.07, 6.45) is 7.18. The molecule has 0 radical (unpaired) electrons. The van der Waals surface area contributed by atoms with Crippen LogP contribution in [-0.2, 0) is 18.4 Å². The first kappa shape index (κ1) is 18.1. The quantitative estimate of drug-likeness (QED) is 0.454. The van der Waals surface area contributed by atoms with Crippen LogP contribution < -0.4 is 0 Å². The molecular weight excluding hydrogens is 287 g/mol. The Morgan fingerprint density at radius 3 is 2.43 bits per heavy atom. The Kier molecular flexibility index (Phi) is 7.87. The Labute approximate surface area is 127 Å². The average molecular weight is 312 g/mol. The zero-order valence-electron chi connectivity index (χ0n) is 13.0. The zero-order valence-corrected chi connectivity index (χ0v) is 13.9. The number of hydrogen-bond donors (Lipinski definition) is 0. The average Bonchev–Trinajstić information content (AvgIpc) is 2.43. The molecule has 0 spiro atoms. The second kappa shape index (κ2) is 9.14. The van der Waals surface area contributed by atoms with Crippen molar-refractivity contribution in [2.24, 2.45) is 0 Å². The molecule has 1 aliphatic carbocycles. The highest BCUT2D eigenvalue weighted by atomic mass is 31.2. The second-order valence-electron chi connectivity index (χ2n) is 4.82. The summed E-state index contributed by atoms with van der Waals surface area (Å²) in [5.74, 6) is 1.72. The molecule has 0 heterocycles. The minimum atomic E-state index is -3.15. The Morgan fingerprint density at radius 2 is 1.86 bits per heavy atom. The molecule has 0 saturated carbocycles. The highest BCUT2D eigenvalue weighted by Crippen LogP contribution is 2.49. The van der Waals surface area contributed by atoms with Crippen molar-refractivity contribution in [2.45, 2.75) is 46.0 Å². The second-order valence-corrected chi connectivity index (χ2v) is 6.71. The van der Waals surface area contributed by atoms with E-state index in [1.165, 1.54) is 5.82 Å². The summed E-state index contributed by atoms with van der Waals surface area (Å²) < 4.78 is 22.7. The van der Waals surface area contributed by atoms with E-state index >= 15 is 0 Å². The number of ketones is 1. The molecule has 0 aromatic heterocycles. The molecule has 0 atom stereocenters. The van der Waals surface area contributed by atoms with Gasteiger partial charge >= 0.3 is 7.60 Å². The minimum absolute atomic E-state index is 0.211. The SMILES string of the molecule is C=CCC1=C(C/C=C/P(=O)(OCC)OCC)CCCC1=O. The maximum atomic E-state index is 12.3. The fourth-order valence-corrected chi connectivity index (χ4v) is 3.73. The molecule has 0 unspecified atom stereocenters. The van der Waals surface area contributed by atoms with Crippen LogP contribution in [0.25, 0.3) is 0 Å². The molecule has 0 fully saturated rings. The molecule has 1 aliphatic rings. The fourth-order valence-electron chi connectivity index (χ4n) is 2.40. The van der Waals surface area contributed by atoms with Gasteiger partial charge in [-0.3, -0.25) is 9.36 Å². The Hall–Kier alpha value is -0.960. The summed E-state index contributed by atoms with van der Waals surface area (Å²) >= 11 is 0. The van der Waals surface area contributed by atoms with Gasteiger partial charge in [-0.15, -0.1) is 6.58 Å². The minimum Gasteiger partial charge on any atom is -0.306 e. The van der Waals surface area contributed by atoms with E-state index in [4.69, 9.17) is 9.05 Å². The largest absolute Gasteiger partial charge is 0.353 e. The lowest BCUT2D eigenvalue weighted by Crippen LogP contribution is -2.11. The van der Waals surface area contributed by atoms with Gasteiger partial charge in [0.15, 0.2) is 5.78 Å². The molecular formula is C16H25O4P. The number of rotatable bonds is 9. The summed E-state index contributed by atoms with van der Waals surface area (Å²) in [7, 11) is -3.15. The molecule has 0 aromatic carbocycles. The van der Waals surface area contributed by atoms with Crippen LogP contribution in [0, 0.1) is 0 Å². The third kappa shape index (κ3) is 5.74. The van der Waals surface area contributed by atoms with E-state index in [0.29, 0.717) is 32.5 Å². The standard InChI is InChI=1S/C16H25O4P/c1-4-9-15-14(10-7-12-16(15)17)11-8-13-21(18,19-5-2)20-6-3/h4,8,13H,1,5-7,9-12H2,2-3H3/b13-8+. The summed E-state index contributed by atoms with van der Waals surface area (Å²) in [6, 6.07) is 0. The molecule has 0 N–H and O–H groups in total. The fraction of sp³-hybridized carbons (Fsp3) is 0.562. The smallest absolute Gasteiger partial charge is 0.306 e. The van der Waals surface area contributed by atoms with Crippen molar-refractivity contribution in [1.82, 2.24) is 0 Å². The van der Waals surface area contributed by atoms with Crippen molar-refractivity contribution in [3.63, 3.8) is 0 Å². The normalized spacial score (nSPS) is 16.8. The van der Waals surface area contributed by atoms with Gasteiger partial charge in [0.2, 0.25) is 0 Å². The lowest BCUT2D eigenvalue weighted by molar-refractivity contribution is -0.116. The number of Topliss-reactive ketones (excluding diaryl/α,β-unsaturated/α-hetero) is 1. The molecule has 0 aromatic rings. The summed E-state index contributed by atoms with van der Waals surface area (Å²) in [5.41, 5.74) is 1.98. The lowest BCUT2D eigenvalue weighted by atomic mass is 9.87. The van der Waals surface area contributed by atoms with Gasteiger partial charge in [0, 0.05) is 12.2 Å². The van der Waals surface area contributed by atoms with Gasteiger partial charge in [-0.05, 0) is 45.1 Å². The van der Waals surface area contributed by atoms with Crippen LogP contribution in [-0.4, -0.2) is 19.0 Å². The van der Waals surface area contributed by atoms with E-state index in [-0.39, 0.29) is 5.78 Å². The highest BCUT2D eigenvalue weighted by Gasteiger charge is 2.20. The third-order valence-corrected chi connectivity index (χ3v) is 5.08. The van der Waals surface area contributed by atoms with Crippen molar-refractivity contribution in [3.05, 3.63) is 35.7 Å². The van der Waals surface area contributed by atoms with Crippen LogP contribution in [0.15, 0.2) is 35.7 Å². The van der Waals surface area contributed by atoms with Crippen molar-refractivity contribution >= 4 is 13.4 Å². The topological polar surface area (TPSA) is 52.6 Å². The molecule has 4 nitrogen and oxygen atoms in total. The van der Waals surface area contributed by atoms with Crippen LogP contribution >= 0.6 is 7.60 Å². The van der Waals surface area contributed by atoms with E-state index in [9.17, 15) is 9.36 Å². The number of carbonyl (C=O) groups excluding carboxylic acids is 1. The molecule has 5 heteroatoms. The van der Waals surface area contributed by atoms with Gasteiger partial charge in [0.25, 0.3) is 0 Å². The Morgan fingerprint density at radius 1 is 1.19 bits per heavy atom. The van der Waals surface area contributed by atoms with Crippen LogP contribution in [0.2, 0.25) is 0 Å². The maximum Gasteiger partial charge on any atom is 0.353 e. The molecule has 0 bridgehead atoms. The lowest BCUT2D eigenvalue weighted by Gasteiger charge is -2.18. The molecule has 21 heavy (non-hydrogen) atoms. The highest BCUT2D eigenvalue weighted by molar-refractivity contribution is 7.57. The van der Waals surface area contributed by atoms with Gasteiger partial charge < -0.3 is 9.05 Å². The van der Waals surface area contributed by atoms with Crippen molar-refractivity contribution in [3.8, 4) is 0 Å². The first-order chi connectivity index (χ1) is 10.1. The molecule has 0 amide bonds. The molecule has 0 saturated heterocycles. The Balaban J connectivity index is 2.80. The predicted octanol–water partition coefficient (Wildman–Crippen LogP) is 4.78. The van der Waals surface area contributed by atoms with Crippen LogP contribution in [0.3, 0.4) is 0 Å². The summed E-state index contributed by atoms with van der Waals surface area (Å²) in [4.78, 5) is 11.9. The van der Waals surface area contributed by atoms with Gasteiger partial charge in [0.05, 0.1) is 13.2 Å². The van der Waals surface area contributed by atoms with Gasteiger partial charge in [-0.2, -0.15) is 0 Å². The molecule has 0 aliphatic heterocycles. The molecule has 118 valence electrons. The third-order valence-electron chi connectivity index (χ3n) is 3.26. The first-order valence-electron chi connectivity index (χ1n) is 7.47. The number of allylic oxidation sites excluding steroid dienone is 4. The maximum absolute atomic E-state index is 12.3. The Bertz CT molecular complexity index is 467. The van der Waals surface area contributed by atoms with E-state index < -0.39 is 7.60 Å². The van der Waals surface area contributed by atoms with Gasteiger partial charge in [-0.25, -0.2) is 0 Å². The summed E-state index contributed by atoms with van der Waals surface area (Å²) in [6.45, 7) is 7.94. The van der Waals surface area contributed by atoms with Crippen molar-refractivity contribution in [2.75, 3.05) is 13.2 Å². The molecule has 1 rings (SSSR count).